The van der Waals surface area contributed by atoms with E-state index in [9.17, 15) is 4.79 Å². The van der Waals surface area contributed by atoms with Crippen LogP contribution in [0.25, 0.3) is 0 Å². The first-order valence-electron chi connectivity index (χ1n) is 10.4. The van der Waals surface area contributed by atoms with E-state index < -0.39 is 0 Å². The molecule has 0 bridgehead atoms. The summed E-state index contributed by atoms with van der Waals surface area (Å²) in [5, 5.41) is 3.42. The average molecular weight is 431 g/mol. The molecule has 2 aromatic rings. The van der Waals surface area contributed by atoms with Gasteiger partial charge in [0, 0.05) is 30.8 Å². The lowest BCUT2D eigenvalue weighted by Crippen LogP contribution is -2.35. The van der Waals surface area contributed by atoms with Gasteiger partial charge < -0.3 is 19.5 Å². The fraction of sp³-hybridized carbons (Fsp3) is 0.435. The predicted molar refractivity (Wildman–Crippen MR) is 116 cm³/mol. The van der Waals surface area contributed by atoms with Crippen LogP contribution in [0, 0.1) is 5.92 Å². The molecule has 2 aliphatic rings. The quantitative estimate of drug-likeness (QED) is 0.689. The van der Waals surface area contributed by atoms with Crippen LogP contribution in [-0.4, -0.2) is 37.8 Å². The number of benzene rings is 2. The number of hydrogen-bond donors (Lipinski definition) is 1. The van der Waals surface area contributed by atoms with Crippen LogP contribution in [0.5, 0.6) is 17.2 Å². The van der Waals surface area contributed by atoms with Crippen LogP contribution in [-0.2, 0) is 11.3 Å². The van der Waals surface area contributed by atoms with E-state index in [0.717, 1.165) is 50.4 Å². The van der Waals surface area contributed by atoms with Crippen LogP contribution in [0.3, 0.4) is 0 Å². The number of methoxy groups -OCH3 is 1. The van der Waals surface area contributed by atoms with Crippen molar-refractivity contribution in [2.24, 2.45) is 5.92 Å². The molecule has 1 N–H and O–H groups in total. The summed E-state index contributed by atoms with van der Waals surface area (Å²) in [5.74, 6) is 2.82. The van der Waals surface area contributed by atoms with Gasteiger partial charge in [-0.25, -0.2) is 0 Å². The van der Waals surface area contributed by atoms with Crippen molar-refractivity contribution in [3.8, 4) is 17.2 Å². The number of halogens is 1. The summed E-state index contributed by atoms with van der Waals surface area (Å²) < 4.78 is 16.3. The maximum absolute atomic E-state index is 12.4. The highest BCUT2D eigenvalue weighted by Gasteiger charge is 2.24. The number of amides is 1. The zero-order valence-electron chi connectivity index (χ0n) is 17.2. The minimum absolute atomic E-state index is 0.0137. The molecule has 2 aromatic carbocycles. The summed E-state index contributed by atoms with van der Waals surface area (Å²) in [6.45, 7) is 3.20. The zero-order chi connectivity index (χ0) is 20.9. The number of para-hydroxylation sites is 1. The molecule has 2 heterocycles. The van der Waals surface area contributed by atoms with Gasteiger partial charge in [0.05, 0.1) is 12.1 Å². The molecule has 2 aliphatic heterocycles. The summed E-state index contributed by atoms with van der Waals surface area (Å²) >= 11 is 6.13. The molecule has 1 atom stereocenters. The van der Waals surface area contributed by atoms with Crippen molar-refractivity contribution in [1.82, 2.24) is 4.90 Å². The third kappa shape index (κ3) is 4.99. The fourth-order valence-corrected chi connectivity index (χ4v) is 4.45. The van der Waals surface area contributed by atoms with E-state index in [1.807, 2.05) is 12.1 Å². The molecule has 0 saturated carbocycles. The minimum Gasteiger partial charge on any atom is -0.495 e. The van der Waals surface area contributed by atoms with E-state index in [1.54, 1.807) is 25.3 Å². The Labute approximate surface area is 182 Å². The zero-order valence-corrected chi connectivity index (χ0v) is 17.9. The van der Waals surface area contributed by atoms with E-state index >= 15 is 0 Å². The lowest BCUT2D eigenvalue weighted by Gasteiger charge is -2.32. The number of carbonyl (C=O) groups excluding carboxylic acids is 1. The van der Waals surface area contributed by atoms with Gasteiger partial charge in [0.25, 0.3) is 0 Å². The van der Waals surface area contributed by atoms with Crippen LogP contribution in [0.2, 0.25) is 5.02 Å². The number of carbonyl (C=O) groups is 1. The number of nitrogens with one attached hydrogen (secondary N) is 1. The molecular formula is C23H27ClN2O4. The Hall–Kier alpha value is -2.44. The summed E-state index contributed by atoms with van der Waals surface area (Å²) in [7, 11) is 1.57. The van der Waals surface area contributed by atoms with Crippen molar-refractivity contribution in [1.29, 1.82) is 0 Å². The Balaban J connectivity index is 1.26. The van der Waals surface area contributed by atoms with Gasteiger partial charge in [0.15, 0.2) is 11.5 Å². The molecule has 30 heavy (non-hydrogen) atoms. The number of ether oxygens (including phenoxy) is 3. The lowest BCUT2D eigenvalue weighted by molar-refractivity contribution is -0.116. The molecule has 4 rings (SSSR count). The number of piperidine rings is 1. The van der Waals surface area contributed by atoms with Crippen molar-refractivity contribution in [3.63, 3.8) is 0 Å². The highest BCUT2D eigenvalue weighted by atomic mass is 35.5. The Kier molecular flexibility index (Phi) is 6.65. The van der Waals surface area contributed by atoms with Crippen LogP contribution in [0.4, 0.5) is 5.69 Å². The summed E-state index contributed by atoms with van der Waals surface area (Å²) in [4.78, 5) is 14.8. The number of hydrogen-bond acceptors (Lipinski definition) is 5. The Morgan fingerprint density at radius 1 is 1.30 bits per heavy atom. The summed E-state index contributed by atoms with van der Waals surface area (Å²) in [6, 6.07) is 11.3. The topological polar surface area (TPSA) is 60.0 Å². The van der Waals surface area contributed by atoms with Crippen molar-refractivity contribution in [2.75, 3.05) is 32.3 Å². The summed E-state index contributed by atoms with van der Waals surface area (Å²) in [5.41, 5.74) is 1.86. The molecule has 1 unspecified atom stereocenters. The number of likely N-dealkylation sites (tertiary alicyclic amines) is 1. The first-order valence-corrected chi connectivity index (χ1v) is 10.7. The molecule has 160 valence electrons. The fourth-order valence-electron chi connectivity index (χ4n) is 4.19. The van der Waals surface area contributed by atoms with Gasteiger partial charge in [-0.2, -0.15) is 0 Å². The number of fused-ring (bicyclic) bond motifs is 1. The Morgan fingerprint density at radius 3 is 3.03 bits per heavy atom. The van der Waals surface area contributed by atoms with Gasteiger partial charge in [-0.3, -0.25) is 9.69 Å². The van der Waals surface area contributed by atoms with E-state index in [2.05, 4.69) is 16.3 Å². The second kappa shape index (κ2) is 9.58. The van der Waals surface area contributed by atoms with Gasteiger partial charge in [-0.05, 0) is 56.0 Å². The van der Waals surface area contributed by atoms with Crippen LogP contribution in [0.1, 0.15) is 31.2 Å². The van der Waals surface area contributed by atoms with Crippen LogP contribution in [0.15, 0.2) is 36.4 Å². The molecule has 1 saturated heterocycles. The molecule has 0 aliphatic carbocycles. The Bertz CT molecular complexity index is 905. The largest absolute Gasteiger partial charge is 0.495 e. The number of anilines is 1. The monoisotopic (exact) mass is 430 g/mol. The van der Waals surface area contributed by atoms with E-state index in [-0.39, 0.29) is 5.91 Å². The highest BCUT2D eigenvalue weighted by Crippen LogP contribution is 2.36. The highest BCUT2D eigenvalue weighted by molar-refractivity contribution is 6.32. The molecular weight excluding hydrogens is 404 g/mol. The maximum Gasteiger partial charge on any atom is 0.231 e. The van der Waals surface area contributed by atoms with Crippen molar-refractivity contribution < 1.29 is 19.0 Å². The molecule has 0 spiro atoms. The average Bonchev–Trinajstić information content (AvgIpc) is 3.23. The maximum atomic E-state index is 12.4. The smallest absolute Gasteiger partial charge is 0.231 e. The molecule has 0 radical (unpaired) electrons. The number of nitrogens with zero attached hydrogens (tertiary/aromatic N) is 1. The number of rotatable bonds is 7. The Morgan fingerprint density at radius 2 is 2.20 bits per heavy atom. The van der Waals surface area contributed by atoms with Gasteiger partial charge in [-0.1, -0.05) is 23.7 Å². The standard InChI is InChI=1S/C23H27ClN2O4/c1-28-20-9-8-18(12-19(20)24)25-22(27)10-7-16-4-3-11-26(13-16)14-17-5-2-6-21-23(17)30-15-29-21/h2,5-6,8-9,12,16H,3-4,7,10-11,13-15H2,1H3,(H,25,27). The van der Waals surface area contributed by atoms with Gasteiger partial charge in [-0.15, -0.1) is 0 Å². The summed E-state index contributed by atoms with van der Waals surface area (Å²) in [6.07, 6.45) is 3.68. The molecule has 6 nitrogen and oxygen atoms in total. The van der Waals surface area contributed by atoms with Crippen LogP contribution < -0.4 is 19.5 Å². The third-order valence-corrected chi connectivity index (χ3v) is 5.99. The molecule has 0 aromatic heterocycles. The SMILES string of the molecule is COc1ccc(NC(=O)CCC2CCCN(Cc3cccc4c3OCO4)C2)cc1Cl. The molecule has 1 fully saturated rings. The third-order valence-electron chi connectivity index (χ3n) is 5.69. The van der Waals surface area contributed by atoms with Crippen molar-refractivity contribution in [2.45, 2.75) is 32.2 Å². The minimum atomic E-state index is 0.0137. The second-order valence-electron chi connectivity index (χ2n) is 7.83. The first kappa shape index (κ1) is 20.8. The lowest BCUT2D eigenvalue weighted by atomic mass is 9.93. The predicted octanol–water partition coefficient (Wildman–Crippen LogP) is 4.71. The van der Waals surface area contributed by atoms with Crippen LogP contribution >= 0.6 is 11.6 Å². The first-order chi connectivity index (χ1) is 14.6. The van der Waals surface area contributed by atoms with Gasteiger partial charge in [0.2, 0.25) is 12.7 Å². The van der Waals surface area contributed by atoms with Crippen molar-refractivity contribution >= 4 is 23.2 Å². The van der Waals surface area contributed by atoms with E-state index in [1.165, 1.54) is 5.56 Å². The van der Waals surface area contributed by atoms with Gasteiger partial charge in [0.1, 0.15) is 5.75 Å². The normalized spacial score (nSPS) is 18.3. The molecule has 1 amide bonds. The molecule has 7 heteroatoms. The van der Waals surface area contributed by atoms with E-state index in [0.29, 0.717) is 35.6 Å². The van der Waals surface area contributed by atoms with Crippen molar-refractivity contribution in [3.05, 3.63) is 47.0 Å². The second-order valence-corrected chi connectivity index (χ2v) is 8.24. The van der Waals surface area contributed by atoms with Gasteiger partial charge >= 0.3 is 0 Å². The van der Waals surface area contributed by atoms with E-state index in [4.69, 9.17) is 25.8 Å².